The van der Waals surface area contributed by atoms with Gasteiger partial charge in [-0.05, 0) is 95.1 Å². The summed E-state index contributed by atoms with van der Waals surface area (Å²) in [5.41, 5.74) is 11.2. The van der Waals surface area contributed by atoms with Crippen LogP contribution < -0.4 is 9.73 Å². The molecule has 0 aliphatic rings. The molecule has 0 atom stereocenters. The second-order valence-electron chi connectivity index (χ2n) is 9.88. The van der Waals surface area contributed by atoms with Crippen molar-refractivity contribution < 1.29 is 13.2 Å². The maximum Gasteiger partial charge on any atom is 0.264 e. The molecule has 0 unspecified atom stereocenters. The van der Waals surface area contributed by atoms with Crippen LogP contribution in [0.2, 0.25) is 0 Å². The fourth-order valence-electron chi connectivity index (χ4n) is 4.38. The van der Waals surface area contributed by atoms with Crippen molar-refractivity contribution in [2.75, 3.05) is 10.8 Å². The summed E-state index contributed by atoms with van der Waals surface area (Å²) in [5.74, 6) is -0.550. The summed E-state index contributed by atoms with van der Waals surface area (Å²) in [6.45, 7) is 11.6. The van der Waals surface area contributed by atoms with E-state index in [1.807, 2.05) is 45.9 Å². The van der Waals surface area contributed by atoms with Gasteiger partial charge in [-0.15, -0.1) is 0 Å². The molecule has 7 nitrogen and oxygen atoms in total. The Morgan fingerprint density at radius 1 is 0.846 bits per heavy atom. The van der Waals surface area contributed by atoms with Crippen molar-refractivity contribution in [1.29, 1.82) is 0 Å². The Morgan fingerprint density at radius 3 is 2.08 bits per heavy atom. The first-order valence-electron chi connectivity index (χ1n) is 12.7. The predicted molar refractivity (Wildman–Crippen MR) is 157 cm³/mol. The van der Waals surface area contributed by atoms with Gasteiger partial charge in [0.25, 0.3) is 15.9 Å². The van der Waals surface area contributed by atoms with Gasteiger partial charge in [0.05, 0.1) is 16.8 Å². The lowest BCUT2D eigenvalue weighted by Gasteiger charge is -2.24. The van der Waals surface area contributed by atoms with Crippen LogP contribution in [0.4, 0.5) is 5.69 Å². The Hall–Kier alpha value is -4.17. The number of carbonyl (C=O) groups is 1. The van der Waals surface area contributed by atoms with Crippen molar-refractivity contribution in [2.24, 2.45) is 5.10 Å². The van der Waals surface area contributed by atoms with Gasteiger partial charge >= 0.3 is 0 Å². The fourth-order valence-corrected chi connectivity index (χ4v) is 5.80. The number of aromatic nitrogens is 1. The molecule has 202 valence electrons. The SMILES string of the molecule is Cc1ccc(N(CC(=O)N/N=C/c2cc(C)n(-c3ccc(C)c(C)c3)c2C)S(=O)(=O)c2ccc(C)cc2)cc1. The van der Waals surface area contributed by atoms with Gasteiger partial charge in [0.15, 0.2) is 0 Å². The number of hydrogen-bond acceptors (Lipinski definition) is 4. The third-order valence-electron chi connectivity index (χ3n) is 6.83. The van der Waals surface area contributed by atoms with Crippen LogP contribution in [-0.4, -0.2) is 31.7 Å². The topological polar surface area (TPSA) is 83.8 Å². The number of sulfonamides is 1. The normalized spacial score (nSPS) is 11.6. The second-order valence-corrected chi connectivity index (χ2v) is 11.7. The fraction of sp³-hybridized carbons (Fsp3) is 0.226. The number of carbonyl (C=O) groups excluding carboxylic acids is 1. The Morgan fingerprint density at radius 2 is 1.46 bits per heavy atom. The molecule has 1 N–H and O–H groups in total. The Kier molecular flexibility index (Phi) is 8.06. The Balaban J connectivity index is 1.55. The molecule has 0 bridgehead atoms. The average Bonchev–Trinajstić information content (AvgIpc) is 3.17. The van der Waals surface area contributed by atoms with E-state index in [0.29, 0.717) is 5.69 Å². The third kappa shape index (κ3) is 6.12. The highest BCUT2D eigenvalue weighted by Gasteiger charge is 2.27. The van der Waals surface area contributed by atoms with E-state index in [1.54, 1.807) is 42.6 Å². The highest BCUT2D eigenvalue weighted by molar-refractivity contribution is 7.92. The molecule has 4 rings (SSSR count). The summed E-state index contributed by atoms with van der Waals surface area (Å²) < 4.78 is 30.3. The average molecular weight is 543 g/mol. The van der Waals surface area contributed by atoms with Crippen molar-refractivity contribution in [3.05, 3.63) is 112 Å². The first kappa shape index (κ1) is 27.9. The first-order chi connectivity index (χ1) is 18.5. The highest BCUT2D eigenvalue weighted by atomic mass is 32.2. The van der Waals surface area contributed by atoms with Gasteiger partial charge < -0.3 is 4.57 Å². The molecule has 0 aliphatic carbocycles. The van der Waals surface area contributed by atoms with Gasteiger partial charge in [0.1, 0.15) is 6.54 Å². The number of nitrogens with one attached hydrogen (secondary N) is 1. The molecule has 0 spiro atoms. The maximum atomic E-state index is 13.5. The van der Waals surface area contributed by atoms with E-state index in [1.165, 1.54) is 11.1 Å². The number of hydrazone groups is 1. The summed E-state index contributed by atoms with van der Waals surface area (Å²) in [6.07, 6.45) is 1.59. The molecule has 3 aromatic carbocycles. The minimum atomic E-state index is -3.99. The van der Waals surface area contributed by atoms with Crippen LogP contribution in [0.5, 0.6) is 0 Å². The second kappa shape index (κ2) is 11.3. The monoisotopic (exact) mass is 542 g/mol. The van der Waals surface area contributed by atoms with E-state index in [0.717, 1.165) is 38.1 Å². The number of amides is 1. The summed E-state index contributed by atoms with van der Waals surface area (Å²) >= 11 is 0. The van der Waals surface area contributed by atoms with E-state index in [4.69, 9.17) is 0 Å². The lowest BCUT2D eigenvalue weighted by Crippen LogP contribution is -2.39. The largest absolute Gasteiger partial charge is 0.318 e. The Bertz CT molecular complexity index is 1630. The van der Waals surface area contributed by atoms with Crippen LogP contribution in [0, 0.1) is 41.5 Å². The van der Waals surface area contributed by atoms with Crippen LogP contribution in [-0.2, 0) is 14.8 Å². The molecule has 0 aliphatic heterocycles. The molecule has 8 heteroatoms. The first-order valence-corrected chi connectivity index (χ1v) is 14.2. The van der Waals surface area contributed by atoms with E-state index < -0.39 is 22.5 Å². The summed E-state index contributed by atoms with van der Waals surface area (Å²) in [6, 6.07) is 21.9. The number of anilines is 1. The number of rotatable bonds is 8. The van der Waals surface area contributed by atoms with Gasteiger partial charge in [0.2, 0.25) is 0 Å². The summed E-state index contributed by atoms with van der Waals surface area (Å²) in [4.78, 5) is 13.0. The smallest absolute Gasteiger partial charge is 0.264 e. The number of nitrogens with zero attached hydrogens (tertiary/aromatic N) is 3. The van der Waals surface area contributed by atoms with Gasteiger partial charge in [-0.1, -0.05) is 41.5 Å². The molecule has 0 saturated carbocycles. The number of hydrogen-bond donors (Lipinski definition) is 1. The minimum Gasteiger partial charge on any atom is -0.318 e. The van der Waals surface area contributed by atoms with Crippen molar-refractivity contribution in [2.45, 2.75) is 46.4 Å². The number of aryl methyl sites for hydroxylation is 5. The lowest BCUT2D eigenvalue weighted by atomic mass is 10.1. The predicted octanol–water partition coefficient (Wildman–Crippen LogP) is 5.67. The van der Waals surface area contributed by atoms with Gasteiger partial charge in [-0.25, -0.2) is 13.8 Å². The third-order valence-corrected chi connectivity index (χ3v) is 8.62. The van der Waals surface area contributed by atoms with Crippen LogP contribution in [0.3, 0.4) is 0 Å². The molecule has 1 aromatic heterocycles. The van der Waals surface area contributed by atoms with Crippen LogP contribution in [0.15, 0.2) is 82.8 Å². The van der Waals surface area contributed by atoms with Crippen molar-refractivity contribution in [3.8, 4) is 5.69 Å². The molecule has 39 heavy (non-hydrogen) atoms. The molecular weight excluding hydrogens is 508 g/mol. The minimum absolute atomic E-state index is 0.115. The maximum absolute atomic E-state index is 13.5. The summed E-state index contributed by atoms with van der Waals surface area (Å²) in [7, 11) is -3.99. The van der Waals surface area contributed by atoms with Crippen LogP contribution in [0.25, 0.3) is 5.69 Å². The zero-order valence-electron chi connectivity index (χ0n) is 23.2. The molecule has 4 aromatic rings. The van der Waals surface area contributed by atoms with E-state index in [9.17, 15) is 13.2 Å². The Labute approximate surface area is 230 Å². The zero-order valence-corrected chi connectivity index (χ0v) is 24.0. The van der Waals surface area contributed by atoms with E-state index in [2.05, 4.69) is 47.1 Å². The van der Waals surface area contributed by atoms with Gasteiger partial charge in [-0.2, -0.15) is 5.10 Å². The highest BCUT2D eigenvalue weighted by Crippen LogP contribution is 2.25. The van der Waals surface area contributed by atoms with Crippen molar-refractivity contribution in [1.82, 2.24) is 9.99 Å². The van der Waals surface area contributed by atoms with E-state index in [-0.39, 0.29) is 4.90 Å². The summed E-state index contributed by atoms with van der Waals surface area (Å²) in [5, 5.41) is 4.15. The lowest BCUT2D eigenvalue weighted by molar-refractivity contribution is -0.119. The molecule has 0 fully saturated rings. The van der Waals surface area contributed by atoms with Crippen molar-refractivity contribution >= 4 is 27.8 Å². The van der Waals surface area contributed by atoms with Gasteiger partial charge in [0, 0.05) is 22.6 Å². The standard InChI is InChI=1S/C31H34N4O3S/c1-21-7-12-28(13-8-21)34(39(37,38)30-15-9-22(2)10-16-30)20-31(36)33-32-19-27-18-25(5)35(26(27)6)29-14-11-23(3)24(4)17-29/h7-19H,20H2,1-6H3,(H,33,36)/b32-19+. The zero-order chi connectivity index (χ0) is 28.3. The molecule has 1 heterocycles. The van der Waals surface area contributed by atoms with Crippen LogP contribution >= 0.6 is 0 Å². The molecular formula is C31H34N4O3S. The van der Waals surface area contributed by atoms with E-state index >= 15 is 0 Å². The van der Waals surface area contributed by atoms with Crippen molar-refractivity contribution in [3.63, 3.8) is 0 Å². The van der Waals surface area contributed by atoms with Crippen LogP contribution in [0.1, 0.15) is 39.2 Å². The molecule has 0 radical (unpaired) electrons. The molecule has 0 saturated heterocycles. The van der Waals surface area contributed by atoms with Gasteiger partial charge in [-0.3, -0.25) is 9.10 Å². The molecule has 1 amide bonds. The quantitative estimate of drug-likeness (QED) is 0.230. The number of benzene rings is 3.